The number of phenols is 1. The Kier molecular flexibility index (Phi) is 2.13. The molecule has 0 radical (unpaired) electrons. The molecule has 3 rings (SSSR count). The third-order valence-corrected chi connectivity index (χ3v) is 3.77. The number of nitrogens with one attached hydrogen (secondary N) is 1. The van der Waals surface area contributed by atoms with Crippen molar-refractivity contribution in [3.05, 3.63) is 29.3 Å². The number of carbonyl (C=O) groups is 1. The fraction of sp³-hybridized carbons (Fsp3) is 0.462. The quantitative estimate of drug-likeness (QED) is 0.758. The van der Waals surface area contributed by atoms with Crippen LogP contribution in [0, 0.1) is 5.92 Å². The molecule has 0 spiro atoms. The minimum atomic E-state index is -0.0391. The van der Waals surface area contributed by atoms with Gasteiger partial charge in [-0.2, -0.15) is 0 Å². The molecule has 1 heterocycles. The molecule has 84 valence electrons. The van der Waals surface area contributed by atoms with Crippen LogP contribution < -0.4 is 5.32 Å². The molecule has 0 aromatic heterocycles. The summed E-state index contributed by atoms with van der Waals surface area (Å²) in [5, 5.41) is 12.4. The van der Waals surface area contributed by atoms with Gasteiger partial charge in [0.1, 0.15) is 5.75 Å². The number of carbonyl (C=O) groups excluding carboxylic acids is 1. The Morgan fingerprint density at radius 1 is 1.25 bits per heavy atom. The van der Waals surface area contributed by atoms with Gasteiger partial charge in [0, 0.05) is 5.56 Å². The lowest BCUT2D eigenvalue weighted by Gasteiger charge is -2.18. The van der Waals surface area contributed by atoms with E-state index in [1.165, 1.54) is 25.7 Å². The molecular formula is C13H15NO2. The fourth-order valence-corrected chi connectivity index (χ4v) is 2.97. The number of benzene rings is 1. The molecule has 1 aromatic carbocycles. The normalized spacial score (nSPS) is 24.5. The zero-order valence-electron chi connectivity index (χ0n) is 9.07. The molecule has 1 amide bonds. The molecule has 0 bridgehead atoms. The van der Waals surface area contributed by atoms with Crippen molar-refractivity contribution in [1.29, 1.82) is 0 Å². The lowest BCUT2D eigenvalue weighted by molar-refractivity contribution is 0.0946. The lowest BCUT2D eigenvalue weighted by atomic mass is 9.92. The molecule has 1 aromatic rings. The number of amides is 1. The van der Waals surface area contributed by atoms with Gasteiger partial charge in [-0.05, 0) is 36.5 Å². The fourth-order valence-electron chi connectivity index (χ4n) is 2.97. The molecule has 3 nitrogen and oxygen atoms in total. The highest BCUT2D eigenvalue weighted by Gasteiger charge is 2.35. The summed E-state index contributed by atoms with van der Waals surface area (Å²) < 4.78 is 0. The predicted molar refractivity (Wildman–Crippen MR) is 60.3 cm³/mol. The summed E-state index contributed by atoms with van der Waals surface area (Å²) in [6.45, 7) is 0. The van der Waals surface area contributed by atoms with Gasteiger partial charge in [-0.1, -0.05) is 18.9 Å². The maximum atomic E-state index is 11.8. The van der Waals surface area contributed by atoms with Gasteiger partial charge in [-0.15, -0.1) is 0 Å². The average Bonchev–Trinajstić information content (AvgIpc) is 2.87. The molecule has 16 heavy (non-hydrogen) atoms. The van der Waals surface area contributed by atoms with Crippen molar-refractivity contribution in [2.24, 2.45) is 5.92 Å². The lowest BCUT2D eigenvalue weighted by Crippen LogP contribution is -2.24. The van der Waals surface area contributed by atoms with Gasteiger partial charge in [0.15, 0.2) is 0 Å². The minimum Gasteiger partial charge on any atom is -0.508 e. The van der Waals surface area contributed by atoms with E-state index in [2.05, 4.69) is 5.32 Å². The minimum absolute atomic E-state index is 0.0391. The van der Waals surface area contributed by atoms with E-state index in [0.717, 1.165) is 5.56 Å². The van der Waals surface area contributed by atoms with Gasteiger partial charge in [0.05, 0.1) is 6.04 Å². The van der Waals surface area contributed by atoms with E-state index in [9.17, 15) is 9.90 Å². The van der Waals surface area contributed by atoms with Crippen LogP contribution >= 0.6 is 0 Å². The van der Waals surface area contributed by atoms with E-state index in [1.54, 1.807) is 12.1 Å². The maximum Gasteiger partial charge on any atom is 0.252 e. The molecule has 1 atom stereocenters. The van der Waals surface area contributed by atoms with Crippen molar-refractivity contribution in [2.75, 3.05) is 0 Å². The molecule has 2 aliphatic rings. The van der Waals surface area contributed by atoms with Crippen molar-refractivity contribution < 1.29 is 9.90 Å². The molecule has 1 unspecified atom stereocenters. The third kappa shape index (κ3) is 1.39. The van der Waals surface area contributed by atoms with Crippen molar-refractivity contribution in [3.63, 3.8) is 0 Å². The van der Waals surface area contributed by atoms with E-state index in [1.807, 2.05) is 6.07 Å². The van der Waals surface area contributed by atoms with E-state index in [4.69, 9.17) is 0 Å². The smallest absolute Gasteiger partial charge is 0.252 e. The van der Waals surface area contributed by atoms with Crippen LogP contribution in [-0.4, -0.2) is 11.0 Å². The molecule has 1 aliphatic heterocycles. The monoisotopic (exact) mass is 217 g/mol. The van der Waals surface area contributed by atoms with Gasteiger partial charge in [-0.25, -0.2) is 0 Å². The second-order valence-corrected chi connectivity index (χ2v) is 4.77. The Hall–Kier alpha value is -1.51. The SMILES string of the molecule is O=C1NC(C2CCCC2)c2ccc(O)cc21. The van der Waals surface area contributed by atoms with E-state index < -0.39 is 0 Å². The zero-order valence-corrected chi connectivity index (χ0v) is 9.07. The van der Waals surface area contributed by atoms with Gasteiger partial charge in [-0.3, -0.25) is 4.79 Å². The summed E-state index contributed by atoms with van der Waals surface area (Å²) in [7, 11) is 0. The topological polar surface area (TPSA) is 49.3 Å². The maximum absolute atomic E-state index is 11.8. The van der Waals surface area contributed by atoms with Gasteiger partial charge in [0.2, 0.25) is 0 Å². The van der Waals surface area contributed by atoms with Crippen LogP contribution in [0.1, 0.15) is 47.6 Å². The van der Waals surface area contributed by atoms with Crippen LogP contribution in [0.25, 0.3) is 0 Å². The van der Waals surface area contributed by atoms with Crippen molar-refractivity contribution in [1.82, 2.24) is 5.32 Å². The highest BCUT2D eigenvalue weighted by molar-refractivity contribution is 5.99. The summed E-state index contributed by atoms with van der Waals surface area (Å²) in [5.41, 5.74) is 1.71. The van der Waals surface area contributed by atoms with E-state index >= 15 is 0 Å². The summed E-state index contributed by atoms with van der Waals surface area (Å²) in [4.78, 5) is 11.8. The number of phenolic OH excluding ortho intramolecular Hbond substituents is 1. The Bertz CT molecular complexity index is 436. The first kappa shape index (κ1) is 9.70. The molecule has 1 aliphatic carbocycles. The van der Waals surface area contributed by atoms with Crippen LogP contribution in [0.3, 0.4) is 0 Å². The second kappa shape index (κ2) is 3.51. The number of aromatic hydroxyl groups is 1. The number of hydrogen-bond acceptors (Lipinski definition) is 2. The first-order valence-corrected chi connectivity index (χ1v) is 5.89. The van der Waals surface area contributed by atoms with Crippen molar-refractivity contribution in [2.45, 2.75) is 31.7 Å². The Morgan fingerprint density at radius 3 is 2.75 bits per heavy atom. The van der Waals surface area contributed by atoms with Gasteiger partial charge < -0.3 is 10.4 Å². The number of rotatable bonds is 1. The summed E-state index contributed by atoms with van der Waals surface area (Å²) >= 11 is 0. The van der Waals surface area contributed by atoms with Crippen molar-refractivity contribution >= 4 is 5.91 Å². The molecule has 0 saturated heterocycles. The summed E-state index contributed by atoms with van der Waals surface area (Å²) in [5.74, 6) is 0.707. The van der Waals surface area contributed by atoms with Crippen molar-refractivity contribution in [3.8, 4) is 5.75 Å². The van der Waals surface area contributed by atoms with E-state index in [-0.39, 0.29) is 17.7 Å². The van der Waals surface area contributed by atoms with Crippen LogP contribution in [0.2, 0.25) is 0 Å². The first-order chi connectivity index (χ1) is 7.75. The highest BCUT2D eigenvalue weighted by atomic mass is 16.3. The van der Waals surface area contributed by atoms with Gasteiger partial charge >= 0.3 is 0 Å². The average molecular weight is 217 g/mol. The molecule has 2 N–H and O–H groups in total. The van der Waals surface area contributed by atoms with Crippen LogP contribution in [0.4, 0.5) is 0 Å². The first-order valence-electron chi connectivity index (χ1n) is 5.89. The molecular weight excluding hydrogens is 202 g/mol. The van der Waals surface area contributed by atoms with Crippen LogP contribution in [-0.2, 0) is 0 Å². The Morgan fingerprint density at radius 2 is 2.00 bits per heavy atom. The predicted octanol–water partition coefficient (Wildman–Crippen LogP) is 2.37. The van der Waals surface area contributed by atoms with Gasteiger partial charge in [0.25, 0.3) is 5.91 Å². The summed E-state index contributed by atoms with van der Waals surface area (Å²) in [6, 6.07) is 5.29. The second-order valence-electron chi connectivity index (χ2n) is 4.77. The number of hydrogen-bond donors (Lipinski definition) is 2. The molecule has 1 fully saturated rings. The largest absolute Gasteiger partial charge is 0.508 e. The molecule has 1 saturated carbocycles. The standard InChI is InChI=1S/C13H15NO2/c15-9-5-6-10-11(7-9)13(16)14-12(10)8-3-1-2-4-8/h5-8,12,15H,1-4H2,(H,14,16). The number of fused-ring (bicyclic) bond motifs is 1. The van der Waals surface area contributed by atoms with Crippen LogP contribution in [0.15, 0.2) is 18.2 Å². The summed E-state index contributed by atoms with van der Waals surface area (Å²) in [6.07, 6.45) is 4.94. The van der Waals surface area contributed by atoms with Crippen LogP contribution in [0.5, 0.6) is 5.75 Å². The Labute approximate surface area is 94.5 Å². The Balaban J connectivity index is 1.98. The molecule has 3 heteroatoms. The van der Waals surface area contributed by atoms with E-state index in [0.29, 0.717) is 11.5 Å². The zero-order chi connectivity index (χ0) is 11.1. The highest BCUT2D eigenvalue weighted by Crippen LogP contribution is 2.40. The third-order valence-electron chi connectivity index (χ3n) is 3.77.